The third-order valence-electron chi connectivity index (χ3n) is 5.89. The van der Waals surface area contributed by atoms with Crippen molar-refractivity contribution in [3.63, 3.8) is 0 Å². The molecule has 1 aliphatic heterocycles. The summed E-state index contributed by atoms with van der Waals surface area (Å²) in [4.78, 5) is 22.6. The molecule has 4 rings (SSSR count). The number of nitrogens with one attached hydrogen (secondary N) is 2. The lowest BCUT2D eigenvalue weighted by Gasteiger charge is -2.30. The number of halogens is 3. The molecule has 0 bridgehead atoms. The summed E-state index contributed by atoms with van der Waals surface area (Å²) in [5.41, 5.74) is -0.0239. The van der Waals surface area contributed by atoms with Gasteiger partial charge in [0.15, 0.2) is 0 Å². The van der Waals surface area contributed by atoms with Crippen molar-refractivity contribution in [1.29, 1.82) is 0 Å². The van der Waals surface area contributed by atoms with E-state index < -0.39 is 22.1 Å². The van der Waals surface area contributed by atoms with Crippen molar-refractivity contribution in [1.82, 2.24) is 15.3 Å². The maximum atomic E-state index is 13.1. The van der Waals surface area contributed by atoms with Gasteiger partial charge in [0.25, 0.3) is 0 Å². The van der Waals surface area contributed by atoms with Crippen LogP contribution in [0.5, 0.6) is 11.6 Å². The third kappa shape index (κ3) is 6.82. The summed E-state index contributed by atoms with van der Waals surface area (Å²) in [6.45, 7) is 2.74. The lowest BCUT2D eigenvalue weighted by atomic mass is 9.93. The van der Waals surface area contributed by atoms with Crippen LogP contribution in [0.2, 0.25) is 0 Å². The number of methoxy groups -OCH3 is 1. The highest BCUT2D eigenvalue weighted by atomic mass is 32.3. The summed E-state index contributed by atoms with van der Waals surface area (Å²) in [5, 5.41) is 5.32. The summed E-state index contributed by atoms with van der Waals surface area (Å²) in [5.74, 6) is 1.28. The molecule has 0 atom stereocenters. The van der Waals surface area contributed by atoms with Gasteiger partial charge in [-0.15, -0.1) is 11.7 Å². The Morgan fingerprint density at radius 3 is 2.57 bits per heavy atom. The Kier molecular flexibility index (Phi) is 8.06. The maximum Gasteiger partial charge on any atom is 0.319 e. The first-order chi connectivity index (χ1) is 16.8. The zero-order valence-electron chi connectivity index (χ0n) is 19.2. The Morgan fingerprint density at radius 1 is 1.14 bits per heavy atom. The standard InChI is InChI=1S/C22H28F3N5O4S/c1-32-19-7-6-17(35(23,24)25)14-18(19)28-22(31)27-15-2-4-16(5-3-15)34-20-8-9-26-21(29-20)30-10-12-33-13-11-30/h6-9,14-16H,2-5,10-13H2,1H3,(H2,27,28,31). The van der Waals surface area contributed by atoms with E-state index in [9.17, 15) is 16.5 Å². The molecule has 0 radical (unpaired) electrons. The first-order valence-electron chi connectivity index (χ1n) is 11.3. The smallest absolute Gasteiger partial charge is 0.319 e. The molecular formula is C22H28F3N5O4S. The van der Waals surface area contributed by atoms with Gasteiger partial charge in [-0.2, -0.15) is 4.98 Å². The van der Waals surface area contributed by atoms with Gasteiger partial charge >= 0.3 is 6.03 Å². The van der Waals surface area contributed by atoms with Crippen molar-refractivity contribution in [2.45, 2.75) is 42.7 Å². The fourth-order valence-electron chi connectivity index (χ4n) is 4.08. The van der Waals surface area contributed by atoms with Crippen LogP contribution in [0.1, 0.15) is 25.7 Å². The van der Waals surface area contributed by atoms with Crippen molar-refractivity contribution in [2.24, 2.45) is 0 Å². The number of morpholine rings is 1. The van der Waals surface area contributed by atoms with Crippen molar-refractivity contribution >= 4 is 28.9 Å². The van der Waals surface area contributed by atoms with Crippen LogP contribution in [0.25, 0.3) is 0 Å². The SMILES string of the molecule is COc1ccc(S(F)(F)F)cc1NC(=O)NC1CCC(Oc2ccnc(N3CCOCC3)n2)CC1. The van der Waals surface area contributed by atoms with Gasteiger partial charge in [0, 0.05) is 31.4 Å². The predicted molar refractivity (Wildman–Crippen MR) is 126 cm³/mol. The minimum atomic E-state index is -5.41. The molecule has 2 fully saturated rings. The highest BCUT2D eigenvalue weighted by Crippen LogP contribution is 2.61. The van der Waals surface area contributed by atoms with E-state index in [1.807, 2.05) is 0 Å². The second kappa shape index (κ2) is 11.2. The molecule has 9 nitrogen and oxygen atoms in total. The molecule has 2 amide bonds. The van der Waals surface area contributed by atoms with E-state index in [-0.39, 0.29) is 23.6 Å². The van der Waals surface area contributed by atoms with E-state index in [4.69, 9.17) is 14.2 Å². The number of anilines is 2. The Labute approximate surface area is 203 Å². The minimum Gasteiger partial charge on any atom is -0.495 e. The van der Waals surface area contributed by atoms with Crippen molar-refractivity contribution in [2.75, 3.05) is 43.6 Å². The van der Waals surface area contributed by atoms with E-state index in [0.717, 1.165) is 25.2 Å². The molecule has 1 aliphatic carbocycles. The van der Waals surface area contributed by atoms with Crippen LogP contribution in [0, 0.1) is 0 Å². The van der Waals surface area contributed by atoms with Gasteiger partial charge in [-0.3, -0.25) is 0 Å². The average molecular weight is 516 g/mol. The third-order valence-corrected chi connectivity index (χ3v) is 6.68. The first kappa shape index (κ1) is 25.2. The number of urea groups is 1. The average Bonchev–Trinajstić information content (AvgIpc) is 2.85. The molecule has 1 saturated heterocycles. The van der Waals surface area contributed by atoms with Crippen molar-refractivity contribution in [3.8, 4) is 11.6 Å². The molecule has 13 heteroatoms. The molecular weight excluding hydrogens is 487 g/mol. The molecule has 2 aliphatic rings. The van der Waals surface area contributed by atoms with Gasteiger partial charge in [0.05, 0.1) is 30.9 Å². The molecule has 0 spiro atoms. The number of hydrogen-bond donors (Lipinski definition) is 2. The monoisotopic (exact) mass is 515 g/mol. The second-order valence-electron chi connectivity index (χ2n) is 8.25. The zero-order valence-corrected chi connectivity index (χ0v) is 20.0. The second-order valence-corrected chi connectivity index (χ2v) is 9.54. The fraction of sp³-hybridized carbons (Fsp3) is 0.500. The number of carbonyl (C=O) groups is 1. The van der Waals surface area contributed by atoms with Gasteiger partial charge < -0.3 is 29.7 Å². The first-order valence-corrected chi connectivity index (χ1v) is 12.7. The number of nitrogens with zero attached hydrogens (tertiary/aromatic N) is 3. The summed E-state index contributed by atoms with van der Waals surface area (Å²) >= 11 is -5.41. The molecule has 35 heavy (non-hydrogen) atoms. The normalized spacial score (nSPS) is 21.2. The van der Waals surface area contributed by atoms with Gasteiger partial charge in [-0.25, -0.2) is 9.78 Å². The largest absolute Gasteiger partial charge is 0.495 e. The van der Waals surface area contributed by atoms with E-state index in [2.05, 4.69) is 25.5 Å². The fourth-order valence-corrected chi connectivity index (χ4v) is 4.56. The Morgan fingerprint density at radius 2 is 1.89 bits per heavy atom. The summed E-state index contributed by atoms with van der Waals surface area (Å²) in [7, 11) is 1.33. The van der Waals surface area contributed by atoms with Crippen LogP contribution in [0.4, 0.5) is 28.1 Å². The molecule has 2 N–H and O–H groups in total. The van der Waals surface area contributed by atoms with Gasteiger partial charge in [-0.1, -0.05) is 0 Å². The number of ether oxygens (including phenoxy) is 3. The van der Waals surface area contributed by atoms with E-state index in [1.165, 1.54) is 13.2 Å². The Bertz CT molecular complexity index is 1010. The molecule has 1 saturated carbocycles. The predicted octanol–water partition coefficient (Wildman–Crippen LogP) is 4.65. The Balaban J connectivity index is 1.27. The molecule has 2 aromatic rings. The number of rotatable bonds is 7. The van der Waals surface area contributed by atoms with Crippen molar-refractivity contribution < 1.29 is 30.7 Å². The lowest BCUT2D eigenvalue weighted by molar-refractivity contribution is 0.121. The Hall–Kier alpha value is -2.93. The van der Waals surface area contributed by atoms with E-state index >= 15 is 0 Å². The summed E-state index contributed by atoms with van der Waals surface area (Å²) < 4.78 is 55.8. The number of hydrogen-bond acceptors (Lipinski definition) is 7. The van der Waals surface area contributed by atoms with Crippen molar-refractivity contribution in [3.05, 3.63) is 30.5 Å². The van der Waals surface area contributed by atoms with Crippen LogP contribution < -0.4 is 25.0 Å². The molecule has 0 unspecified atom stereocenters. The van der Waals surface area contributed by atoms with E-state index in [1.54, 1.807) is 12.3 Å². The van der Waals surface area contributed by atoms with Crippen LogP contribution in [-0.2, 0) is 4.74 Å². The van der Waals surface area contributed by atoms with Gasteiger partial charge in [0.2, 0.25) is 23.0 Å². The summed E-state index contributed by atoms with van der Waals surface area (Å²) in [6, 6.07) is 4.07. The molecule has 192 valence electrons. The quantitative estimate of drug-likeness (QED) is 0.554. The molecule has 1 aromatic carbocycles. The lowest BCUT2D eigenvalue weighted by Crippen LogP contribution is -2.41. The topological polar surface area (TPSA) is 97.8 Å². The zero-order chi connectivity index (χ0) is 24.8. The number of carbonyl (C=O) groups excluding carboxylic acids is 1. The maximum absolute atomic E-state index is 13.1. The number of amides is 2. The highest BCUT2D eigenvalue weighted by molar-refractivity contribution is 8.20. The van der Waals surface area contributed by atoms with Gasteiger partial charge in [0.1, 0.15) is 11.9 Å². The summed E-state index contributed by atoms with van der Waals surface area (Å²) in [6.07, 6.45) is 4.38. The number of benzene rings is 1. The van der Waals surface area contributed by atoms with Crippen LogP contribution in [0.3, 0.4) is 0 Å². The van der Waals surface area contributed by atoms with Crippen LogP contribution in [0.15, 0.2) is 35.4 Å². The van der Waals surface area contributed by atoms with E-state index in [0.29, 0.717) is 50.7 Å². The van der Waals surface area contributed by atoms with Gasteiger partial charge in [-0.05, 0) is 43.9 Å². The molecule has 2 heterocycles. The van der Waals surface area contributed by atoms with Crippen LogP contribution in [-0.4, -0.2) is 61.6 Å². The highest BCUT2D eigenvalue weighted by Gasteiger charge is 2.27. The number of aromatic nitrogens is 2. The van der Waals surface area contributed by atoms with Crippen LogP contribution >= 0.6 is 11.2 Å². The molecule has 1 aromatic heterocycles. The minimum absolute atomic E-state index is 0.0239.